The fraction of sp³-hybridized carbons (Fsp3) is 0.421. The number of fused-ring (bicyclic) bond motifs is 1. The molecule has 2 aliphatic heterocycles. The monoisotopic (exact) mass is 421 g/mol. The van der Waals surface area contributed by atoms with E-state index in [1.165, 1.54) is 4.90 Å². The van der Waals surface area contributed by atoms with Crippen LogP contribution in [-0.2, 0) is 27.1 Å². The zero-order chi connectivity index (χ0) is 21.5. The first-order valence-corrected chi connectivity index (χ1v) is 9.45. The molecule has 8 nitrogen and oxygen atoms in total. The fourth-order valence-corrected chi connectivity index (χ4v) is 3.88. The van der Waals surface area contributed by atoms with Gasteiger partial charge in [-0.05, 0) is 5.56 Å². The summed E-state index contributed by atoms with van der Waals surface area (Å²) in [6.07, 6.45) is -4.50. The van der Waals surface area contributed by atoms with Gasteiger partial charge in [0.25, 0.3) is 0 Å². The lowest BCUT2D eigenvalue weighted by atomic mass is 10.0. The van der Waals surface area contributed by atoms with Crippen molar-refractivity contribution in [2.24, 2.45) is 0 Å². The average molecular weight is 421 g/mol. The molecule has 3 heterocycles. The zero-order valence-electron chi connectivity index (χ0n) is 15.8. The molecule has 0 spiro atoms. The summed E-state index contributed by atoms with van der Waals surface area (Å²) in [5.41, 5.74) is 0.598. The number of hydrogen-bond acceptors (Lipinski definition) is 5. The molecule has 0 N–H and O–H groups in total. The molecular weight excluding hydrogens is 403 g/mol. The average Bonchev–Trinajstić information content (AvgIpc) is 3.29. The number of rotatable bonds is 4. The number of carbonyl (C=O) groups excluding carboxylic acids is 3. The SMILES string of the molecule is O=C1CCC(=O)N1CCC(=O)N1CCn2c(nnc2C(F)(F)F)C1c1ccccc1. The summed E-state index contributed by atoms with van der Waals surface area (Å²) >= 11 is 0. The summed E-state index contributed by atoms with van der Waals surface area (Å²) in [6, 6.07) is 7.77. The van der Waals surface area contributed by atoms with Crippen LogP contribution < -0.4 is 0 Å². The molecule has 2 aromatic rings. The second-order valence-corrected chi connectivity index (χ2v) is 7.12. The smallest absolute Gasteiger partial charge is 0.326 e. The molecule has 1 aromatic carbocycles. The molecule has 0 radical (unpaired) electrons. The summed E-state index contributed by atoms with van der Waals surface area (Å²) < 4.78 is 40.9. The number of nitrogens with zero attached hydrogens (tertiary/aromatic N) is 5. The topological polar surface area (TPSA) is 88.4 Å². The summed E-state index contributed by atoms with van der Waals surface area (Å²) in [7, 11) is 0. The predicted octanol–water partition coefficient (Wildman–Crippen LogP) is 1.77. The van der Waals surface area contributed by atoms with E-state index in [1.807, 2.05) is 0 Å². The van der Waals surface area contributed by atoms with Crippen molar-refractivity contribution in [1.82, 2.24) is 24.6 Å². The Morgan fingerprint density at radius 3 is 2.33 bits per heavy atom. The highest BCUT2D eigenvalue weighted by Gasteiger charge is 2.43. The molecule has 158 valence electrons. The van der Waals surface area contributed by atoms with Crippen LogP contribution in [0.3, 0.4) is 0 Å². The maximum atomic E-state index is 13.3. The van der Waals surface area contributed by atoms with Gasteiger partial charge in [0.1, 0.15) is 6.04 Å². The number of carbonyl (C=O) groups is 3. The van der Waals surface area contributed by atoms with E-state index in [2.05, 4.69) is 10.2 Å². The highest BCUT2D eigenvalue weighted by atomic mass is 19.4. The quantitative estimate of drug-likeness (QED) is 0.702. The molecule has 1 fully saturated rings. The van der Waals surface area contributed by atoms with E-state index in [0.717, 1.165) is 9.47 Å². The molecule has 1 unspecified atom stereocenters. The van der Waals surface area contributed by atoms with E-state index >= 15 is 0 Å². The Kier molecular flexibility index (Phi) is 5.04. The lowest BCUT2D eigenvalue weighted by Gasteiger charge is -2.36. The van der Waals surface area contributed by atoms with Crippen molar-refractivity contribution in [3.63, 3.8) is 0 Å². The van der Waals surface area contributed by atoms with Crippen molar-refractivity contribution in [3.05, 3.63) is 47.5 Å². The minimum atomic E-state index is -4.66. The lowest BCUT2D eigenvalue weighted by Crippen LogP contribution is -2.44. The first-order chi connectivity index (χ1) is 14.3. The number of amides is 3. The summed E-state index contributed by atoms with van der Waals surface area (Å²) in [4.78, 5) is 39.0. The van der Waals surface area contributed by atoms with E-state index in [0.29, 0.717) is 5.56 Å². The van der Waals surface area contributed by atoms with Crippen molar-refractivity contribution < 1.29 is 27.6 Å². The Bertz CT molecular complexity index is 973. The van der Waals surface area contributed by atoms with E-state index in [1.54, 1.807) is 30.3 Å². The van der Waals surface area contributed by atoms with Crippen LogP contribution >= 0.6 is 0 Å². The van der Waals surface area contributed by atoms with Crippen LogP contribution in [0.15, 0.2) is 30.3 Å². The third-order valence-electron chi connectivity index (χ3n) is 5.29. The van der Waals surface area contributed by atoms with Crippen molar-refractivity contribution in [2.75, 3.05) is 13.1 Å². The van der Waals surface area contributed by atoms with Gasteiger partial charge in [-0.15, -0.1) is 10.2 Å². The normalized spacial score (nSPS) is 19.4. The maximum Gasteiger partial charge on any atom is 0.451 e. The van der Waals surface area contributed by atoms with E-state index in [4.69, 9.17) is 0 Å². The second kappa shape index (κ2) is 7.54. The number of hydrogen-bond donors (Lipinski definition) is 0. The minimum Gasteiger partial charge on any atom is -0.326 e. The molecule has 1 atom stereocenters. The predicted molar refractivity (Wildman–Crippen MR) is 95.6 cm³/mol. The van der Waals surface area contributed by atoms with Crippen LogP contribution in [0.2, 0.25) is 0 Å². The van der Waals surface area contributed by atoms with Gasteiger partial charge in [0.2, 0.25) is 23.5 Å². The molecule has 2 aliphatic rings. The first kappa shape index (κ1) is 20.0. The molecule has 1 saturated heterocycles. The Labute approximate surface area is 169 Å². The molecule has 1 aromatic heterocycles. The van der Waals surface area contributed by atoms with Crippen LogP contribution in [0.1, 0.15) is 42.5 Å². The number of halogens is 3. The van der Waals surface area contributed by atoms with E-state index < -0.39 is 18.0 Å². The van der Waals surface area contributed by atoms with Gasteiger partial charge < -0.3 is 9.47 Å². The van der Waals surface area contributed by atoms with Gasteiger partial charge in [-0.3, -0.25) is 19.3 Å². The zero-order valence-corrected chi connectivity index (χ0v) is 15.8. The minimum absolute atomic E-state index is 0.0222. The molecule has 0 bridgehead atoms. The van der Waals surface area contributed by atoms with Crippen molar-refractivity contribution in [2.45, 2.75) is 38.0 Å². The van der Waals surface area contributed by atoms with Gasteiger partial charge in [0.15, 0.2) is 5.82 Å². The van der Waals surface area contributed by atoms with Gasteiger partial charge in [0.05, 0.1) is 0 Å². The fourth-order valence-electron chi connectivity index (χ4n) is 3.88. The first-order valence-electron chi connectivity index (χ1n) is 9.45. The largest absolute Gasteiger partial charge is 0.451 e. The summed E-state index contributed by atoms with van der Waals surface area (Å²) in [5.74, 6) is -2.08. The Morgan fingerprint density at radius 2 is 1.70 bits per heavy atom. The van der Waals surface area contributed by atoms with Crippen molar-refractivity contribution >= 4 is 17.7 Å². The molecule has 0 saturated carbocycles. The summed E-state index contributed by atoms with van der Waals surface area (Å²) in [5, 5.41) is 7.08. The third-order valence-corrected chi connectivity index (χ3v) is 5.29. The van der Waals surface area contributed by atoms with Crippen molar-refractivity contribution in [1.29, 1.82) is 0 Å². The van der Waals surface area contributed by atoms with Gasteiger partial charge in [-0.25, -0.2) is 0 Å². The third kappa shape index (κ3) is 3.55. The second-order valence-electron chi connectivity index (χ2n) is 7.12. The van der Waals surface area contributed by atoms with E-state index in [9.17, 15) is 27.6 Å². The molecule has 0 aliphatic carbocycles. The molecular formula is C19H18F3N5O3. The maximum absolute atomic E-state index is 13.3. The number of benzene rings is 1. The number of imide groups is 1. The number of alkyl halides is 3. The van der Waals surface area contributed by atoms with Crippen LogP contribution in [0.5, 0.6) is 0 Å². The Balaban J connectivity index is 1.62. The van der Waals surface area contributed by atoms with Crippen molar-refractivity contribution in [3.8, 4) is 0 Å². The molecule has 30 heavy (non-hydrogen) atoms. The van der Waals surface area contributed by atoms with E-state index in [-0.39, 0.29) is 62.4 Å². The van der Waals surface area contributed by atoms with Gasteiger partial charge in [0, 0.05) is 38.9 Å². The Morgan fingerprint density at radius 1 is 1.03 bits per heavy atom. The number of likely N-dealkylation sites (tertiary alicyclic amines) is 1. The molecule has 4 rings (SSSR count). The van der Waals surface area contributed by atoms with Gasteiger partial charge in [-0.1, -0.05) is 30.3 Å². The standard InChI is InChI=1S/C19H18F3N5O3/c20-19(21,22)18-24-23-17-16(12-4-2-1-3-5-12)26(10-11-27(17)18)15(30)8-9-25-13(28)6-7-14(25)29/h1-5,16H,6-11H2. The number of aromatic nitrogens is 3. The molecule has 3 amide bonds. The van der Waals surface area contributed by atoms with Crippen LogP contribution in [0.4, 0.5) is 13.2 Å². The van der Waals surface area contributed by atoms with Gasteiger partial charge >= 0.3 is 6.18 Å². The Hall–Kier alpha value is -3.24. The highest BCUT2D eigenvalue weighted by Crippen LogP contribution is 2.36. The molecule has 11 heteroatoms. The lowest BCUT2D eigenvalue weighted by molar-refractivity contribution is -0.148. The van der Waals surface area contributed by atoms with Crippen LogP contribution in [0, 0.1) is 0 Å². The summed E-state index contributed by atoms with van der Waals surface area (Å²) in [6.45, 7) is -0.128. The van der Waals surface area contributed by atoms with Crippen LogP contribution in [0.25, 0.3) is 0 Å². The highest BCUT2D eigenvalue weighted by molar-refractivity contribution is 6.02. The van der Waals surface area contributed by atoms with Crippen LogP contribution in [-0.4, -0.2) is 55.4 Å². The van der Waals surface area contributed by atoms with Gasteiger partial charge in [-0.2, -0.15) is 13.2 Å².